The largest absolute Gasteiger partial charge is 0.309 e. The molecule has 3 aromatic rings. The predicted octanol–water partition coefficient (Wildman–Crippen LogP) is 1.68. The number of H-pyrrole nitrogens is 1. The molecule has 0 radical (unpaired) electrons. The zero-order valence-electron chi connectivity index (χ0n) is 11.9. The van der Waals surface area contributed by atoms with Crippen LogP contribution in [-0.2, 0) is 11.8 Å². The van der Waals surface area contributed by atoms with Gasteiger partial charge in [-0.25, -0.2) is 0 Å². The van der Waals surface area contributed by atoms with Crippen molar-refractivity contribution in [2.24, 2.45) is 7.05 Å². The van der Waals surface area contributed by atoms with E-state index >= 15 is 0 Å². The van der Waals surface area contributed by atoms with E-state index in [4.69, 9.17) is 0 Å². The first-order chi connectivity index (χ1) is 10.7. The summed E-state index contributed by atoms with van der Waals surface area (Å²) in [6, 6.07) is 7.64. The smallest absolute Gasteiger partial charge is 0.226 e. The van der Waals surface area contributed by atoms with Crippen molar-refractivity contribution in [3.8, 4) is 11.4 Å². The van der Waals surface area contributed by atoms with E-state index in [-0.39, 0.29) is 11.8 Å². The highest BCUT2D eigenvalue weighted by molar-refractivity contribution is 5.95. The Morgan fingerprint density at radius 2 is 2.23 bits per heavy atom. The van der Waals surface area contributed by atoms with Gasteiger partial charge in [0.2, 0.25) is 5.91 Å². The Kier molecular flexibility index (Phi) is 2.78. The van der Waals surface area contributed by atoms with E-state index in [1.165, 1.54) is 0 Å². The number of rotatable bonds is 2. The molecule has 0 saturated heterocycles. The van der Waals surface area contributed by atoms with Gasteiger partial charge in [0.25, 0.3) is 0 Å². The molecule has 1 aliphatic rings. The normalized spacial score (nSPS) is 17.1. The van der Waals surface area contributed by atoms with E-state index in [0.29, 0.717) is 12.2 Å². The molecule has 1 aliphatic heterocycles. The van der Waals surface area contributed by atoms with Crippen LogP contribution in [0, 0.1) is 0 Å². The number of pyridine rings is 1. The highest BCUT2D eigenvalue weighted by atomic mass is 16.1. The number of hydrogen-bond acceptors (Lipinski definition) is 4. The van der Waals surface area contributed by atoms with Gasteiger partial charge in [0.1, 0.15) is 0 Å². The fourth-order valence-corrected chi connectivity index (χ4v) is 2.83. The summed E-state index contributed by atoms with van der Waals surface area (Å²) in [6.07, 6.45) is 3.96. The Hall–Kier alpha value is -2.96. The Morgan fingerprint density at radius 3 is 2.95 bits per heavy atom. The maximum absolute atomic E-state index is 11.9. The van der Waals surface area contributed by atoms with E-state index in [9.17, 15) is 4.79 Å². The van der Waals surface area contributed by atoms with E-state index in [0.717, 1.165) is 22.6 Å². The number of nitrogens with one attached hydrogen (secondary N) is 2. The average Bonchev–Trinajstić information content (AvgIpc) is 3.13. The second kappa shape index (κ2) is 4.80. The number of carbonyl (C=O) groups is 1. The molecule has 1 atom stereocenters. The van der Waals surface area contributed by atoms with Crippen molar-refractivity contribution in [1.82, 2.24) is 25.0 Å². The molecule has 110 valence electrons. The van der Waals surface area contributed by atoms with E-state index < -0.39 is 0 Å². The lowest BCUT2D eigenvalue weighted by Crippen LogP contribution is -2.23. The SMILES string of the molecule is Cn1ccc(C2CC(=O)Nc3n[nH]c(-c4ccccn4)c32)n1. The number of aryl methyl sites for hydroxylation is 1. The van der Waals surface area contributed by atoms with E-state index in [1.807, 2.05) is 37.5 Å². The van der Waals surface area contributed by atoms with Gasteiger partial charge in [-0.3, -0.25) is 19.6 Å². The standard InChI is InChI=1S/C15H14N6O/c1-21-7-5-10(20-21)9-8-12(22)17-15-13(9)14(18-19-15)11-4-2-3-6-16-11/h2-7,9H,8H2,1H3,(H2,17,18,19,22). The minimum absolute atomic E-state index is 0.0535. The molecule has 0 aromatic carbocycles. The summed E-state index contributed by atoms with van der Waals surface area (Å²) in [4.78, 5) is 16.3. The fourth-order valence-electron chi connectivity index (χ4n) is 2.83. The predicted molar refractivity (Wildman–Crippen MR) is 80.1 cm³/mol. The Morgan fingerprint density at radius 1 is 1.32 bits per heavy atom. The quantitative estimate of drug-likeness (QED) is 0.752. The molecule has 4 rings (SSSR count). The van der Waals surface area contributed by atoms with Crippen molar-refractivity contribution in [3.63, 3.8) is 0 Å². The molecule has 0 aliphatic carbocycles. The number of aromatic nitrogens is 5. The number of carbonyl (C=O) groups excluding carboxylic acids is 1. The summed E-state index contributed by atoms with van der Waals surface area (Å²) in [6.45, 7) is 0. The number of amides is 1. The third-order valence-corrected chi connectivity index (χ3v) is 3.81. The van der Waals surface area contributed by atoms with Crippen LogP contribution in [0.15, 0.2) is 36.7 Å². The maximum Gasteiger partial charge on any atom is 0.226 e. The molecule has 7 heteroatoms. The third kappa shape index (κ3) is 1.98. The lowest BCUT2D eigenvalue weighted by atomic mass is 9.88. The summed E-state index contributed by atoms with van der Waals surface area (Å²) in [5, 5.41) is 14.5. The van der Waals surface area contributed by atoms with Crippen LogP contribution in [0.5, 0.6) is 0 Å². The topological polar surface area (TPSA) is 88.5 Å². The van der Waals surface area contributed by atoms with E-state index in [1.54, 1.807) is 10.9 Å². The van der Waals surface area contributed by atoms with Crippen LogP contribution in [-0.4, -0.2) is 30.9 Å². The number of anilines is 1. The van der Waals surface area contributed by atoms with Gasteiger partial charge in [0.05, 0.1) is 17.1 Å². The van der Waals surface area contributed by atoms with Crippen LogP contribution >= 0.6 is 0 Å². The molecule has 22 heavy (non-hydrogen) atoms. The van der Waals surface area contributed by atoms with Crippen molar-refractivity contribution in [3.05, 3.63) is 47.9 Å². The van der Waals surface area contributed by atoms with Gasteiger partial charge in [-0.1, -0.05) is 6.07 Å². The molecule has 0 spiro atoms. The van der Waals surface area contributed by atoms with Gasteiger partial charge in [-0.15, -0.1) is 0 Å². The van der Waals surface area contributed by atoms with Crippen LogP contribution in [0.25, 0.3) is 11.4 Å². The number of nitrogens with zero attached hydrogens (tertiary/aromatic N) is 4. The average molecular weight is 294 g/mol. The molecular formula is C15H14N6O. The zero-order chi connectivity index (χ0) is 15.1. The second-order valence-electron chi connectivity index (χ2n) is 5.30. The number of aromatic amines is 1. The van der Waals surface area contributed by atoms with Gasteiger partial charge in [0, 0.05) is 37.3 Å². The van der Waals surface area contributed by atoms with Crippen LogP contribution in [0.4, 0.5) is 5.82 Å². The van der Waals surface area contributed by atoms with Gasteiger partial charge in [-0.2, -0.15) is 10.2 Å². The highest BCUT2D eigenvalue weighted by Crippen LogP contribution is 2.40. The molecule has 2 N–H and O–H groups in total. The number of hydrogen-bond donors (Lipinski definition) is 2. The minimum atomic E-state index is -0.124. The van der Waals surface area contributed by atoms with Crippen LogP contribution in [0.1, 0.15) is 23.6 Å². The first-order valence-corrected chi connectivity index (χ1v) is 7.01. The number of fused-ring (bicyclic) bond motifs is 1. The van der Waals surface area contributed by atoms with Crippen molar-refractivity contribution in [2.45, 2.75) is 12.3 Å². The van der Waals surface area contributed by atoms with Crippen molar-refractivity contribution >= 4 is 11.7 Å². The van der Waals surface area contributed by atoms with Crippen molar-refractivity contribution in [1.29, 1.82) is 0 Å². The summed E-state index contributed by atoms with van der Waals surface area (Å²) in [7, 11) is 1.86. The van der Waals surface area contributed by atoms with Crippen molar-refractivity contribution < 1.29 is 4.79 Å². The monoisotopic (exact) mass is 294 g/mol. The third-order valence-electron chi connectivity index (χ3n) is 3.81. The Bertz CT molecular complexity index is 835. The van der Waals surface area contributed by atoms with Gasteiger partial charge >= 0.3 is 0 Å². The van der Waals surface area contributed by atoms with E-state index in [2.05, 4.69) is 25.6 Å². The van der Waals surface area contributed by atoms with Crippen LogP contribution < -0.4 is 5.32 Å². The molecule has 0 saturated carbocycles. The molecule has 0 fully saturated rings. The molecule has 3 aromatic heterocycles. The van der Waals surface area contributed by atoms with Gasteiger partial charge < -0.3 is 5.32 Å². The summed E-state index contributed by atoms with van der Waals surface area (Å²) >= 11 is 0. The van der Waals surface area contributed by atoms with Gasteiger partial charge in [0.15, 0.2) is 5.82 Å². The van der Waals surface area contributed by atoms with Gasteiger partial charge in [-0.05, 0) is 18.2 Å². The Labute approximate surface area is 126 Å². The molecule has 4 heterocycles. The lowest BCUT2D eigenvalue weighted by Gasteiger charge is -2.21. The summed E-state index contributed by atoms with van der Waals surface area (Å²) < 4.78 is 1.74. The zero-order valence-corrected chi connectivity index (χ0v) is 11.9. The minimum Gasteiger partial charge on any atom is -0.309 e. The fraction of sp³-hybridized carbons (Fsp3) is 0.200. The Balaban J connectivity index is 1.88. The van der Waals surface area contributed by atoms with Crippen LogP contribution in [0.2, 0.25) is 0 Å². The lowest BCUT2D eigenvalue weighted by molar-refractivity contribution is -0.116. The summed E-state index contributed by atoms with van der Waals surface area (Å²) in [5.41, 5.74) is 3.42. The highest BCUT2D eigenvalue weighted by Gasteiger charge is 2.33. The maximum atomic E-state index is 11.9. The van der Waals surface area contributed by atoms with Crippen molar-refractivity contribution in [2.75, 3.05) is 5.32 Å². The molecule has 0 bridgehead atoms. The first kappa shape index (κ1) is 12.8. The first-order valence-electron chi connectivity index (χ1n) is 7.01. The molecule has 7 nitrogen and oxygen atoms in total. The molecular weight excluding hydrogens is 280 g/mol. The van der Waals surface area contributed by atoms with Crippen LogP contribution in [0.3, 0.4) is 0 Å². The summed E-state index contributed by atoms with van der Waals surface area (Å²) in [5.74, 6) is 0.385. The second-order valence-corrected chi connectivity index (χ2v) is 5.30. The molecule has 1 unspecified atom stereocenters. The molecule has 1 amide bonds.